The molecule has 0 saturated heterocycles. The van der Waals surface area contributed by atoms with Crippen molar-refractivity contribution in [3.8, 4) is 5.82 Å². The van der Waals surface area contributed by atoms with Crippen LogP contribution in [0.3, 0.4) is 0 Å². The summed E-state index contributed by atoms with van der Waals surface area (Å²) < 4.78 is 1.89. The molecule has 2 aromatic heterocycles. The number of aromatic nitrogens is 3. The SMILES string of the molecule is CCNC(=NCc1ccc(-n2ccnc2)nc1)NCC1(CC)CCC1.I. The quantitative estimate of drug-likeness (QED) is 0.371. The number of rotatable bonds is 7. The largest absolute Gasteiger partial charge is 0.357 e. The Morgan fingerprint density at radius 1 is 1.27 bits per heavy atom. The van der Waals surface area contributed by atoms with Crippen LogP contribution in [0.1, 0.15) is 45.1 Å². The number of hydrogen-bond acceptors (Lipinski definition) is 3. The summed E-state index contributed by atoms with van der Waals surface area (Å²) in [6, 6.07) is 4.06. The molecule has 0 amide bonds. The van der Waals surface area contributed by atoms with Crippen molar-refractivity contribution in [2.75, 3.05) is 13.1 Å². The molecular weight excluding hydrogens is 439 g/mol. The standard InChI is InChI=1S/C19H28N6.HI/c1-3-19(8-5-9-19)14-24-18(21-4-2)23-13-16-6-7-17(22-12-16)25-11-10-20-15-25;/h6-7,10-12,15H,3-5,8-9,13-14H2,1-2H3,(H2,21,23,24);1H. The highest BCUT2D eigenvalue weighted by atomic mass is 127. The lowest BCUT2D eigenvalue weighted by atomic mass is 9.67. The van der Waals surface area contributed by atoms with E-state index in [1.807, 2.05) is 23.0 Å². The molecule has 142 valence electrons. The lowest BCUT2D eigenvalue weighted by molar-refractivity contribution is 0.131. The molecule has 3 rings (SSSR count). The van der Waals surface area contributed by atoms with Gasteiger partial charge < -0.3 is 10.6 Å². The Morgan fingerprint density at radius 2 is 2.12 bits per heavy atom. The van der Waals surface area contributed by atoms with E-state index < -0.39 is 0 Å². The molecule has 1 aliphatic rings. The monoisotopic (exact) mass is 468 g/mol. The maximum absolute atomic E-state index is 4.71. The van der Waals surface area contributed by atoms with Crippen LogP contribution in [0.5, 0.6) is 0 Å². The van der Waals surface area contributed by atoms with Gasteiger partial charge in [-0.05, 0) is 43.2 Å². The van der Waals surface area contributed by atoms with Crippen LogP contribution in [0.25, 0.3) is 5.82 Å². The van der Waals surface area contributed by atoms with E-state index in [0.717, 1.165) is 30.4 Å². The lowest BCUT2D eigenvalue weighted by Crippen LogP contribution is -2.46. The van der Waals surface area contributed by atoms with E-state index in [2.05, 4.69) is 40.5 Å². The van der Waals surface area contributed by atoms with E-state index in [-0.39, 0.29) is 24.0 Å². The summed E-state index contributed by atoms with van der Waals surface area (Å²) in [5.74, 6) is 1.76. The van der Waals surface area contributed by atoms with Gasteiger partial charge in [0.05, 0.1) is 6.54 Å². The molecule has 1 fully saturated rings. The van der Waals surface area contributed by atoms with Gasteiger partial charge in [-0.25, -0.2) is 15.0 Å². The molecular formula is C19H29IN6. The maximum Gasteiger partial charge on any atom is 0.191 e. The summed E-state index contributed by atoms with van der Waals surface area (Å²) in [7, 11) is 0. The van der Waals surface area contributed by atoms with Crippen molar-refractivity contribution in [1.29, 1.82) is 0 Å². The van der Waals surface area contributed by atoms with Gasteiger partial charge in [0.1, 0.15) is 12.1 Å². The third kappa shape index (κ3) is 5.18. The molecule has 0 spiro atoms. The van der Waals surface area contributed by atoms with E-state index in [1.54, 1.807) is 12.5 Å². The number of aliphatic imine (C=N–C) groups is 1. The van der Waals surface area contributed by atoms with E-state index in [0.29, 0.717) is 12.0 Å². The van der Waals surface area contributed by atoms with Crippen molar-refractivity contribution in [3.63, 3.8) is 0 Å². The van der Waals surface area contributed by atoms with Gasteiger partial charge in [-0.3, -0.25) is 4.57 Å². The second-order valence-electron chi connectivity index (χ2n) is 6.75. The zero-order valence-electron chi connectivity index (χ0n) is 15.6. The minimum absolute atomic E-state index is 0. The minimum atomic E-state index is 0. The molecule has 6 nitrogen and oxygen atoms in total. The average Bonchev–Trinajstić information content (AvgIpc) is 3.14. The molecule has 7 heteroatoms. The number of nitrogens with zero attached hydrogens (tertiary/aromatic N) is 4. The number of halogens is 1. The summed E-state index contributed by atoms with van der Waals surface area (Å²) in [6.07, 6.45) is 12.5. The maximum atomic E-state index is 4.71. The Bertz CT molecular complexity index is 671. The van der Waals surface area contributed by atoms with Gasteiger partial charge >= 0.3 is 0 Å². The third-order valence-electron chi connectivity index (χ3n) is 5.14. The number of hydrogen-bond donors (Lipinski definition) is 2. The molecule has 2 aromatic rings. The van der Waals surface area contributed by atoms with E-state index in [1.165, 1.54) is 25.7 Å². The van der Waals surface area contributed by atoms with Crippen molar-refractivity contribution in [2.24, 2.45) is 10.4 Å². The molecule has 0 unspecified atom stereocenters. The first-order valence-electron chi connectivity index (χ1n) is 9.20. The van der Waals surface area contributed by atoms with Gasteiger partial charge in [0, 0.05) is 31.7 Å². The molecule has 0 atom stereocenters. The van der Waals surface area contributed by atoms with Crippen molar-refractivity contribution < 1.29 is 0 Å². The molecule has 2 N–H and O–H groups in total. The summed E-state index contributed by atoms with van der Waals surface area (Å²) >= 11 is 0. The van der Waals surface area contributed by atoms with Crippen molar-refractivity contribution in [1.82, 2.24) is 25.2 Å². The topological polar surface area (TPSA) is 67.1 Å². The number of imidazole rings is 1. The van der Waals surface area contributed by atoms with Crippen LogP contribution in [0, 0.1) is 5.41 Å². The molecule has 26 heavy (non-hydrogen) atoms. The van der Waals surface area contributed by atoms with Crippen LogP contribution < -0.4 is 10.6 Å². The summed E-state index contributed by atoms with van der Waals surface area (Å²) in [5.41, 5.74) is 1.57. The Labute approximate surface area is 172 Å². The summed E-state index contributed by atoms with van der Waals surface area (Å²) in [6.45, 7) is 6.87. The highest BCUT2D eigenvalue weighted by Crippen LogP contribution is 2.42. The summed E-state index contributed by atoms with van der Waals surface area (Å²) in [4.78, 5) is 13.2. The highest BCUT2D eigenvalue weighted by molar-refractivity contribution is 14.0. The van der Waals surface area contributed by atoms with Gasteiger partial charge in [0.15, 0.2) is 5.96 Å². The van der Waals surface area contributed by atoms with Crippen LogP contribution in [-0.2, 0) is 6.54 Å². The zero-order chi connectivity index (χ0) is 17.5. The van der Waals surface area contributed by atoms with Crippen LogP contribution >= 0.6 is 24.0 Å². The summed E-state index contributed by atoms with van der Waals surface area (Å²) in [5, 5.41) is 6.86. The normalized spacial score (nSPS) is 15.7. The van der Waals surface area contributed by atoms with Gasteiger partial charge in [-0.15, -0.1) is 24.0 Å². The van der Waals surface area contributed by atoms with E-state index >= 15 is 0 Å². The van der Waals surface area contributed by atoms with Crippen LogP contribution in [0.15, 0.2) is 42.0 Å². The Balaban J connectivity index is 0.00000243. The predicted molar refractivity (Wildman–Crippen MR) is 116 cm³/mol. The van der Waals surface area contributed by atoms with Gasteiger partial charge in [-0.1, -0.05) is 19.4 Å². The van der Waals surface area contributed by atoms with Crippen LogP contribution in [0.4, 0.5) is 0 Å². The average molecular weight is 468 g/mol. The van der Waals surface area contributed by atoms with Crippen molar-refractivity contribution in [3.05, 3.63) is 42.6 Å². The fourth-order valence-corrected chi connectivity index (χ4v) is 3.17. The first-order chi connectivity index (χ1) is 12.2. The van der Waals surface area contributed by atoms with Crippen LogP contribution in [-0.4, -0.2) is 33.6 Å². The molecule has 1 saturated carbocycles. The fourth-order valence-electron chi connectivity index (χ4n) is 3.17. The fraction of sp³-hybridized carbons (Fsp3) is 0.526. The third-order valence-corrected chi connectivity index (χ3v) is 5.14. The van der Waals surface area contributed by atoms with E-state index in [4.69, 9.17) is 4.99 Å². The molecule has 1 aliphatic carbocycles. The Kier molecular flexibility index (Phi) is 7.86. The molecule has 2 heterocycles. The smallest absolute Gasteiger partial charge is 0.191 e. The Hall–Kier alpha value is -1.64. The highest BCUT2D eigenvalue weighted by Gasteiger charge is 2.34. The Morgan fingerprint density at radius 3 is 2.65 bits per heavy atom. The molecule has 0 aliphatic heterocycles. The predicted octanol–water partition coefficient (Wildman–Crippen LogP) is 3.52. The number of pyridine rings is 1. The second-order valence-corrected chi connectivity index (χ2v) is 6.75. The molecule has 0 radical (unpaired) electrons. The van der Waals surface area contributed by atoms with Crippen molar-refractivity contribution in [2.45, 2.75) is 46.1 Å². The molecule has 0 aromatic carbocycles. The first kappa shape index (κ1) is 20.7. The van der Waals surface area contributed by atoms with Gasteiger partial charge in [0.25, 0.3) is 0 Å². The molecule has 0 bridgehead atoms. The second kappa shape index (κ2) is 9.89. The van der Waals surface area contributed by atoms with Crippen molar-refractivity contribution >= 4 is 29.9 Å². The number of guanidine groups is 1. The van der Waals surface area contributed by atoms with E-state index in [9.17, 15) is 0 Å². The van der Waals surface area contributed by atoms with Gasteiger partial charge in [-0.2, -0.15) is 0 Å². The number of nitrogens with one attached hydrogen (secondary N) is 2. The van der Waals surface area contributed by atoms with Crippen LogP contribution in [0.2, 0.25) is 0 Å². The first-order valence-corrected chi connectivity index (χ1v) is 9.20. The van der Waals surface area contributed by atoms with Gasteiger partial charge in [0.2, 0.25) is 0 Å². The zero-order valence-corrected chi connectivity index (χ0v) is 17.9. The minimum Gasteiger partial charge on any atom is -0.357 e. The lowest BCUT2D eigenvalue weighted by Gasteiger charge is -2.41.